The molecule has 0 saturated carbocycles. The topological polar surface area (TPSA) is 61.8 Å². The smallest absolute Gasteiger partial charge is 0.308 e. The fraction of sp³-hybridized carbons (Fsp3) is 0.600. The Morgan fingerprint density at radius 3 is 2.06 bits per heavy atom. The second-order valence-corrected chi connectivity index (χ2v) is 10.4. The number of hydrogen-bond donors (Lipinski definition) is 0. The van der Waals surface area contributed by atoms with Gasteiger partial charge in [0, 0.05) is 21.9 Å². The summed E-state index contributed by atoms with van der Waals surface area (Å²) in [5, 5.41) is 0. The lowest BCUT2D eigenvalue weighted by atomic mass is 10.2. The van der Waals surface area contributed by atoms with Crippen LogP contribution in [0.4, 0.5) is 0 Å². The molecule has 0 fully saturated rings. The van der Waals surface area contributed by atoms with E-state index >= 15 is 0 Å². The summed E-state index contributed by atoms with van der Waals surface area (Å²) in [7, 11) is 0. The summed E-state index contributed by atoms with van der Waals surface area (Å²) >= 11 is 1.68. The molecule has 6 heteroatoms. The third-order valence-corrected chi connectivity index (χ3v) is 6.09. The van der Waals surface area contributed by atoms with E-state index in [1.54, 1.807) is 18.3 Å². The summed E-state index contributed by atoms with van der Waals surface area (Å²) in [5.41, 5.74) is 2.18. The molecule has 0 aliphatic rings. The van der Waals surface area contributed by atoms with E-state index in [4.69, 9.17) is 14.2 Å². The minimum absolute atomic E-state index is 0.0103. The SMILES string of the molecule is CC(=O)c1cc(C)sc1C.CCCCCCOC(=O)C(C)C.CCOC(C)OCCc1ccccc1. The molecule has 36 heavy (non-hydrogen) atoms. The lowest BCUT2D eigenvalue weighted by Gasteiger charge is -2.12. The van der Waals surface area contributed by atoms with E-state index < -0.39 is 0 Å². The minimum atomic E-state index is -0.0938. The first kappa shape index (κ1) is 34.0. The Morgan fingerprint density at radius 2 is 1.58 bits per heavy atom. The van der Waals surface area contributed by atoms with E-state index in [1.807, 2.05) is 65.8 Å². The van der Waals surface area contributed by atoms with Gasteiger partial charge in [-0.05, 0) is 59.1 Å². The average molecular weight is 521 g/mol. The monoisotopic (exact) mass is 520 g/mol. The lowest BCUT2D eigenvalue weighted by molar-refractivity contribution is -0.147. The Labute approximate surface area is 223 Å². The summed E-state index contributed by atoms with van der Waals surface area (Å²) in [4.78, 5) is 24.2. The second-order valence-electron chi connectivity index (χ2n) is 8.90. The number of ether oxygens (including phenoxy) is 3. The molecule has 0 bridgehead atoms. The number of unbranched alkanes of at least 4 members (excludes halogenated alkanes) is 3. The first-order chi connectivity index (χ1) is 17.1. The van der Waals surface area contributed by atoms with Crippen LogP contribution in [0.1, 0.15) is 92.9 Å². The van der Waals surface area contributed by atoms with Crippen LogP contribution in [-0.2, 0) is 25.4 Å². The highest BCUT2D eigenvalue weighted by Crippen LogP contribution is 2.20. The van der Waals surface area contributed by atoms with Crippen LogP contribution in [-0.4, -0.2) is 37.9 Å². The predicted molar refractivity (Wildman–Crippen MR) is 151 cm³/mol. The molecule has 2 aromatic rings. The van der Waals surface area contributed by atoms with E-state index in [9.17, 15) is 9.59 Å². The molecule has 0 radical (unpaired) electrons. The Morgan fingerprint density at radius 1 is 0.917 bits per heavy atom. The van der Waals surface area contributed by atoms with Crippen molar-refractivity contribution >= 4 is 23.1 Å². The molecule has 0 amide bonds. The molecule has 1 aromatic heterocycles. The average Bonchev–Trinajstić information content (AvgIpc) is 3.18. The minimum Gasteiger partial charge on any atom is -0.465 e. The molecule has 1 heterocycles. The molecule has 204 valence electrons. The van der Waals surface area contributed by atoms with Crippen LogP contribution in [0.15, 0.2) is 36.4 Å². The second kappa shape index (κ2) is 21.1. The van der Waals surface area contributed by atoms with Gasteiger partial charge in [0.25, 0.3) is 0 Å². The number of aryl methyl sites for hydroxylation is 2. The van der Waals surface area contributed by atoms with Crippen molar-refractivity contribution in [3.8, 4) is 0 Å². The number of carbonyl (C=O) groups is 2. The van der Waals surface area contributed by atoms with Gasteiger partial charge in [0.1, 0.15) is 0 Å². The van der Waals surface area contributed by atoms with Crippen molar-refractivity contribution < 1.29 is 23.8 Å². The van der Waals surface area contributed by atoms with Crippen molar-refractivity contribution in [2.75, 3.05) is 19.8 Å². The summed E-state index contributed by atoms with van der Waals surface area (Å²) in [6.45, 7) is 17.4. The maximum Gasteiger partial charge on any atom is 0.308 e. The number of hydrogen-bond acceptors (Lipinski definition) is 6. The summed E-state index contributed by atoms with van der Waals surface area (Å²) in [6, 6.07) is 12.3. The fourth-order valence-electron chi connectivity index (χ4n) is 3.12. The standard InChI is InChI=1S/C12H18O2.C10H20O2.C8H10OS/c1-3-13-11(2)14-10-9-12-7-5-4-6-8-12;1-4-5-6-7-8-12-10(11)9(2)3;1-5-4-8(6(2)9)7(3)10-5/h4-8,11H,3,9-10H2,1-2H3;9H,4-8H2,1-3H3;4H,1-3H3. The predicted octanol–water partition coefficient (Wildman–Crippen LogP) is 7.96. The maximum absolute atomic E-state index is 11.0. The van der Waals surface area contributed by atoms with Gasteiger partial charge in [0.05, 0.1) is 19.1 Å². The highest BCUT2D eigenvalue weighted by Gasteiger charge is 2.07. The molecule has 0 saturated heterocycles. The van der Waals surface area contributed by atoms with Crippen LogP contribution in [0.5, 0.6) is 0 Å². The van der Waals surface area contributed by atoms with Gasteiger partial charge in [-0.15, -0.1) is 11.3 Å². The van der Waals surface area contributed by atoms with E-state index in [0.717, 1.165) is 23.3 Å². The first-order valence-corrected chi connectivity index (χ1v) is 14.0. The van der Waals surface area contributed by atoms with Crippen LogP contribution >= 0.6 is 11.3 Å². The van der Waals surface area contributed by atoms with E-state index in [-0.39, 0.29) is 24.0 Å². The molecule has 0 aliphatic heterocycles. The maximum atomic E-state index is 11.0. The molecule has 0 aliphatic carbocycles. The first-order valence-electron chi connectivity index (χ1n) is 13.1. The summed E-state index contributed by atoms with van der Waals surface area (Å²) in [6.07, 6.45) is 5.48. The zero-order chi connectivity index (χ0) is 27.3. The van der Waals surface area contributed by atoms with E-state index in [1.165, 1.54) is 29.7 Å². The third-order valence-electron chi connectivity index (χ3n) is 5.12. The Kier molecular flexibility index (Phi) is 19.9. The van der Waals surface area contributed by atoms with Gasteiger partial charge in [-0.2, -0.15) is 0 Å². The number of Topliss-reactive ketones (excluding diaryl/α,β-unsaturated/α-hetero) is 1. The number of rotatable bonds is 13. The van der Waals surface area contributed by atoms with Gasteiger partial charge < -0.3 is 14.2 Å². The molecule has 2 rings (SSSR count). The molecule has 1 aromatic carbocycles. The van der Waals surface area contributed by atoms with Crippen LogP contribution in [0.25, 0.3) is 0 Å². The van der Waals surface area contributed by atoms with Gasteiger partial charge in [-0.3, -0.25) is 9.59 Å². The fourth-order valence-corrected chi connectivity index (χ4v) is 4.09. The van der Waals surface area contributed by atoms with Crippen LogP contribution in [0.2, 0.25) is 0 Å². The number of thiophene rings is 1. The largest absolute Gasteiger partial charge is 0.465 e. The molecule has 1 atom stereocenters. The highest BCUT2D eigenvalue weighted by atomic mass is 32.1. The normalized spacial score (nSPS) is 11.1. The van der Waals surface area contributed by atoms with E-state index in [2.05, 4.69) is 19.1 Å². The van der Waals surface area contributed by atoms with Gasteiger partial charge in [-0.25, -0.2) is 0 Å². The van der Waals surface area contributed by atoms with Crippen LogP contribution in [0, 0.1) is 19.8 Å². The van der Waals surface area contributed by atoms with Crippen molar-refractivity contribution in [1.29, 1.82) is 0 Å². The zero-order valence-electron chi connectivity index (χ0n) is 23.7. The zero-order valence-corrected chi connectivity index (χ0v) is 24.5. The molecular weight excluding hydrogens is 472 g/mol. The van der Waals surface area contributed by atoms with Crippen molar-refractivity contribution in [3.63, 3.8) is 0 Å². The molecule has 0 N–H and O–H groups in total. The number of ketones is 1. The van der Waals surface area contributed by atoms with E-state index in [0.29, 0.717) is 19.8 Å². The highest BCUT2D eigenvalue weighted by molar-refractivity contribution is 7.12. The Bertz CT molecular complexity index is 829. The van der Waals surface area contributed by atoms with Gasteiger partial charge in [0.15, 0.2) is 12.1 Å². The van der Waals surface area contributed by atoms with Crippen molar-refractivity contribution in [1.82, 2.24) is 0 Å². The van der Waals surface area contributed by atoms with Gasteiger partial charge >= 0.3 is 5.97 Å². The Balaban J connectivity index is 0.000000518. The quantitative estimate of drug-likeness (QED) is 0.116. The van der Waals surface area contributed by atoms with Crippen molar-refractivity contribution in [3.05, 3.63) is 57.3 Å². The third kappa shape index (κ3) is 17.4. The summed E-state index contributed by atoms with van der Waals surface area (Å²) in [5.74, 6) is 0.101. The number of carbonyl (C=O) groups excluding carboxylic acids is 2. The lowest BCUT2D eigenvalue weighted by Crippen LogP contribution is -2.14. The van der Waals surface area contributed by atoms with Crippen molar-refractivity contribution in [2.45, 2.75) is 93.8 Å². The van der Waals surface area contributed by atoms with Crippen molar-refractivity contribution in [2.24, 2.45) is 5.92 Å². The van der Waals surface area contributed by atoms with Crippen LogP contribution in [0.3, 0.4) is 0 Å². The summed E-state index contributed by atoms with van der Waals surface area (Å²) < 4.78 is 15.7. The molecule has 1 unspecified atom stereocenters. The molecule has 0 spiro atoms. The van der Waals surface area contributed by atoms with Crippen LogP contribution < -0.4 is 0 Å². The molecular formula is C30H48O5S. The number of esters is 1. The molecule has 5 nitrogen and oxygen atoms in total. The number of benzene rings is 1. The Hall–Kier alpha value is -2.02. The van der Waals surface area contributed by atoms with Gasteiger partial charge in [0.2, 0.25) is 0 Å². The van der Waals surface area contributed by atoms with Gasteiger partial charge in [-0.1, -0.05) is 70.4 Å².